The highest BCUT2D eigenvalue weighted by molar-refractivity contribution is 5.78. The van der Waals surface area contributed by atoms with Crippen molar-refractivity contribution in [2.45, 2.75) is 45.1 Å². The molecular formula is C15H22N2O. The van der Waals surface area contributed by atoms with E-state index >= 15 is 0 Å². The molecule has 0 aliphatic heterocycles. The fourth-order valence-electron chi connectivity index (χ4n) is 2.24. The molecule has 3 heteroatoms. The maximum Gasteiger partial charge on any atom is 0.224 e. The summed E-state index contributed by atoms with van der Waals surface area (Å²) in [6, 6.07) is 6.16. The topological polar surface area (TPSA) is 55.1 Å². The lowest BCUT2D eigenvalue weighted by Gasteiger charge is -2.38. The van der Waals surface area contributed by atoms with Crippen molar-refractivity contribution >= 4 is 5.91 Å². The normalized spacial score (nSPS) is 17.1. The average Bonchev–Trinajstić information content (AvgIpc) is 2.29. The summed E-state index contributed by atoms with van der Waals surface area (Å²) in [7, 11) is 0. The van der Waals surface area contributed by atoms with E-state index < -0.39 is 0 Å². The zero-order chi connectivity index (χ0) is 13.2. The third kappa shape index (κ3) is 3.10. The summed E-state index contributed by atoms with van der Waals surface area (Å²) in [5, 5.41) is 2.94. The van der Waals surface area contributed by atoms with Crippen LogP contribution in [0.25, 0.3) is 0 Å². The lowest BCUT2D eigenvalue weighted by molar-refractivity contribution is -0.120. The molecule has 1 saturated carbocycles. The number of nitrogens with two attached hydrogens (primary N) is 1. The summed E-state index contributed by atoms with van der Waals surface area (Å²) in [5.41, 5.74) is 9.49. The Bertz CT molecular complexity index is 450. The highest BCUT2D eigenvalue weighted by Crippen LogP contribution is 2.28. The van der Waals surface area contributed by atoms with Gasteiger partial charge in [0.25, 0.3) is 0 Å². The SMILES string of the molecule is Cc1ccc(CC(=O)NCC2(N)CCC2)cc1C. The molecule has 0 atom stereocenters. The second-order valence-corrected chi connectivity index (χ2v) is 5.59. The van der Waals surface area contributed by atoms with Gasteiger partial charge in [0.15, 0.2) is 0 Å². The van der Waals surface area contributed by atoms with E-state index in [0.29, 0.717) is 13.0 Å². The van der Waals surface area contributed by atoms with Crippen LogP contribution in [-0.4, -0.2) is 18.0 Å². The average molecular weight is 246 g/mol. The Kier molecular flexibility index (Phi) is 3.71. The van der Waals surface area contributed by atoms with Gasteiger partial charge < -0.3 is 11.1 Å². The largest absolute Gasteiger partial charge is 0.354 e. The molecule has 0 saturated heterocycles. The summed E-state index contributed by atoms with van der Waals surface area (Å²) in [4.78, 5) is 11.8. The molecule has 18 heavy (non-hydrogen) atoms. The van der Waals surface area contributed by atoms with E-state index in [0.717, 1.165) is 18.4 Å². The van der Waals surface area contributed by atoms with E-state index in [9.17, 15) is 4.79 Å². The van der Waals surface area contributed by atoms with Gasteiger partial charge in [0.1, 0.15) is 0 Å². The van der Waals surface area contributed by atoms with Crippen LogP contribution in [-0.2, 0) is 11.2 Å². The Morgan fingerprint density at radius 3 is 2.61 bits per heavy atom. The van der Waals surface area contributed by atoms with Gasteiger partial charge in [-0.2, -0.15) is 0 Å². The molecule has 3 N–H and O–H groups in total. The Balaban J connectivity index is 1.85. The zero-order valence-electron chi connectivity index (χ0n) is 11.3. The minimum atomic E-state index is -0.140. The second-order valence-electron chi connectivity index (χ2n) is 5.59. The Labute approximate surface area is 109 Å². The van der Waals surface area contributed by atoms with Crippen LogP contribution >= 0.6 is 0 Å². The van der Waals surface area contributed by atoms with Gasteiger partial charge in [-0.1, -0.05) is 18.2 Å². The van der Waals surface area contributed by atoms with Crippen molar-refractivity contribution in [1.29, 1.82) is 0 Å². The number of aryl methyl sites for hydroxylation is 2. The lowest BCUT2D eigenvalue weighted by Crippen LogP contribution is -2.55. The third-order valence-corrected chi connectivity index (χ3v) is 3.92. The van der Waals surface area contributed by atoms with Crippen LogP contribution in [0.3, 0.4) is 0 Å². The van der Waals surface area contributed by atoms with Crippen molar-refractivity contribution in [3.8, 4) is 0 Å². The van der Waals surface area contributed by atoms with Crippen LogP contribution in [0.2, 0.25) is 0 Å². The van der Waals surface area contributed by atoms with E-state index in [4.69, 9.17) is 5.73 Å². The standard InChI is InChI=1S/C15H22N2O/c1-11-4-5-13(8-12(11)2)9-14(18)17-10-15(16)6-3-7-15/h4-5,8H,3,6-7,9-10,16H2,1-2H3,(H,17,18). The number of hydrogen-bond donors (Lipinski definition) is 2. The molecular weight excluding hydrogens is 224 g/mol. The van der Waals surface area contributed by atoms with E-state index in [1.54, 1.807) is 0 Å². The molecule has 1 aromatic rings. The minimum Gasteiger partial charge on any atom is -0.354 e. The van der Waals surface area contributed by atoms with Gasteiger partial charge in [-0.15, -0.1) is 0 Å². The molecule has 0 bridgehead atoms. The van der Waals surface area contributed by atoms with Gasteiger partial charge >= 0.3 is 0 Å². The summed E-state index contributed by atoms with van der Waals surface area (Å²) in [6.07, 6.45) is 3.68. The van der Waals surface area contributed by atoms with E-state index in [1.807, 2.05) is 6.07 Å². The number of nitrogens with one attached hydrogen (secondary N) is 1. The zero-order valence-corrected chi connectivity index (χ0v) is 11.3. The van der Waals surface area contributed by atoms with Crippen LogP contribution in [0, 0.1) is 13.8 Å². The maximum atomic E-state index is 11.8. The van der Waals surface area contributed by atoms with E-state index in [2.05, 4.69) is 31.3 Å². The molecule has 0 radical (unpaired) electrons. The Hall–Kier alpha value is -1.35. The molecule has 1 amide bonds. The van der Waals surface area contributed by atoms with Gasteiger partial charge in [0, 0.05) is 12.1 Å². The van der Waals surface area contributed by atoms with Gasteiger partial charge in [-0.25, -0.2) is 0 Å². The van der Waals surface area contributed by atoms with Crippen molar-refractivity contribution in [3.05, 3.63) is 34.9 Å². The first-order valence-electron chi connectivity index (χ1n) is 6.60. The van der Waals surface area contributed by atoms with E-state index in [1.165, 1.54) is 17.5 Å². The first kappa shape index (κ1) is 13.1. The maximum absolute atomic E-state index is 11.8. The molecule has 0 heterocycles. The summed E-state index contributed by atoms with van der Waals surface area (Å²) in [6.45, 7) is 4.75. The predicted molar refractivity (Wildman–Crippen MR) is 73.4 cm³/mol. The molecule has 0 unspecified atom stereocenters. The first-order valence-corrected chi connectivity index (χ1v) is 6.60. The number of hydrogen-bond acceptors (Lipinski definition) is 2. The number of rotatable bonds is 4. The van der Waals surface area contributed by atoms with Crippen LogP contribution < -0.4 is 11.1 Å². The molecule has 0 spiro atoms. The van der Waals surface area contributed by atoms with Gasteiger partial charge in [-0.3, -0.25) is 4.79 Å². The molecule has 1 fully saturated rings. The summed E-state index contributed by atoms with van der Waals surface area (Å²) >= 11 is 0. The summed E-state index contributed by atoms with van der Waals surface area (Å²) in [5.74, 6) is 0.0648. The molecule has 2 rings (SSSR count). The van der Waals surface area contributed by atoms with Crippen molar-refractivity contribution in [3.63, 3.8) is 0 Å². The lowest BCUT2D eigenvalue weighted by atomic mass is 9.78. The monoisotopic (exact) mass is 246 g/mol. The Morgan fingerprint density at radius 1 is 1.33 bits per heavy atom. The third-order valence-electron chi connectivity index (χ3n) is 3.92. The molecule has 1 aliphatic carbocycles. The fraction of sp³-hybridized carbons (Fsp3) is 0.533. The number of amides is 1. The minimum absolute atomic E-state index is 0.0648. The number of carbonyl (C=O) groups is 1. The molecule has 0 aromatic heterocycles. The van der Waals surface area contributed by atoms with Crippen LogP contribution in [0.5, 0.6) is 0 Å². The highest BCUT2D eigenvalue weighted by Gasteiger charge is 2.32. The molecule has 98 valence electrons. The molecule has 1 aromatic carbocycles. The van der Waals surface area contributed by atoms with Crippen molar-refractivity contribution in [1.82, 2.24) is 5.32 Å². The van der Waals surface area contributed by atoms with Gasteiger partial charge in [0.2, 0.25) is 5.91 Å². The summed E-state index contributed by atoms with van der Waals surface area (Å²) < 4.78 is 0. The van der Waals surface area contributed by atoms with Crippen molar-refractivity contribution in [2.24, 2.45) is 5.73 Å². The van der Waals surface area contributed by atoms with Gasteiger partial charge in [0.05, 0.1) is 6.42 Å². The first-order chi connectivity index (χ1) is 8.48. The van der Waals surface area contributed by atoms with Crippen LogP contribution in [0.4, 0.5) is 0 Å². The van der Waals surface area contributed by atoms with E-state index in [-0.39, 0.29) is 11.4 Å². The van der Waals surface area contributed by atoms with Crippen LogP contribution in [0.1, 0.15) is 36.0 Å². The second kappa shape index (κ2) is 5.11. The fourth-order valence-corrected chi connectivity index (χ4v) is 2.24. The number of carbonyl (C=O) groups excluding carboxylic acids is 1. The number of benzene rings is 1. The van der Waals surface area contributed by atoms with Crippen molar-refractivity contribution in [2.75, 3.05) is 6.54 Å². The molecule has 3 nitrogen and oxygen atoms in total. The molecule has 1 aliphatic rings. The smallest absolute Gasteiger partial charge is 0.224 e. The Morgan fingerprint density at radius 2 is 2.06 bits per heavy atom. The van der Waals surface area contributed by atoms with Crippen molar-refractivity contribution < 1.29 is 4.79 Å². The van der Waals surface area contributed by atoms with Gasteiger partial charge in [-0.05, 0) is 49.8 Å². The predicted octanol–water partition coefficient (Wildman–Crippen LogP) is 1.84. The highest BCUT2D eigenvalue weighted by atomic mass is 16.1. The van der Waals surface area contributed by atoms with Crippen LogP contribution in [0.15, 0.2) is 18.2 Å². The quantitative estimate of drug-likeness (QED) is 0.851.